The molecule has 24 heavy (non-hydrogen) atoms. The largest absolute Gasteiger partial charge is 0.352 e. The molecule has 3 rings (SSSR count). The fourth-order valence-electron chi connectivity index (χ4n) is 2.72. The second-order valence-corrected chi connectivity index (χ2v) is 5.70. The van der Waals surface area contributed by atoms with Crippen molar-refractivity contribution in [1.29, 1.82) is 0 Å². The Morgan fingerprint density at radius 3 is 2.54 bits per heavy atom. The number of nitrogens with zero attached hydrogens (tertiary/aromatic N) is 1. The van der Waals surface area contributed by atoms with Crippen LogP contribution in [0.25, 0.3) is 0 Å². The van der Waals surface area contributed by atoms with Crippen molar-refractivity contribution in [3.8, 4) is 0 Å². The Morgan fingerprint density at radius 1 is 1.12 bits per heavy atom. The molecule has 0 aliphatic carbocycles. The number of nitrogens with one attached hydrogen (secondary N) is 1. The highest BCUT2D eigenvalue weighted by Crippen LogP contribution is 2.27. The van der Waals surface area contributed by atoms with Crippen LogP contribution in [0.4, 0.5) is 14.5 Å². The minimum absolute atomic E-state index is 0.0452. The van der Waals surface area contributed by atoms with E-state index in [0.717, 1.165) is 5.56 Å². The Kier molecular flexibility index (Phi) is 4.55. The van der Waals surface area contributed by atoms with Crippen LogP contribution in [-0.2, 0) is 16.1 Å². The lowest BCUT2D eigenvalue weighted by atomic mass is 10.1. The fraction of sp³-hybridized carbons (Fsp3) is 0.222. The Balaban J connectivity index is 1.62. The lowest BCUT2D eigenvalue weighted by Crippen LogP contribution is -2.32. The van der Waals surface area contributed by atoms with Crippen LogP contribution in [0.15, 0.2) is 48.5 Å². The third-order valence-corrected chi connectivity index (χ3v) is 4.02. The van der Waals surface area contributed by atoms with E-state index in [0.29, 0.717) is 0 Å². The van der Waals surface area contributed by atoms with Crippen LogP contribution in [0.1, 0.15) is 12.0 Å². The molecule has 6 heteroatoms. The van der Waals surface area contributed by atoms with Crippen LogP contribution >= 0.6 is 0 Å². The molecule has 1 N–H and O–H groups in total. The molecule has 0 radical (unpaired) electrons. The molecule has 1 aliphatic heterocycles. The number of para-hydroxylation sites is 1. The monoisotopic (exact) mass is 330 g/mol. The molecule has 0 saturated carbocycles. The number of rotatable bonds is 4. The van der Waals surface area contributed by atoms with Gasteiger partial charge in [-0.25, -0.2) is 8.78 Å². The second kappa shape index (κ2) is 6.78. The molecule has 2 amide bonds. The average Bonchev–Trinajstić information content (AvgIpc) is 2.96. The van der Waals surface area contributed by atoms with E-state index in [2.05, 4.69) is 5.32 Å². The molecule has 1 saturated heterocycles. The quantitative estimate of drug-likeness (QED) is 0.937. The van der Waals surface area contributed by atoms with E-state index in [-0.39, 0.29) is 42.8 Å². The molecule has 1 atom stereocenters. The molecular formula is C18H16F2N2O2. The summed E-state index contributed by atoms with van der Waals surface area (Å²) in [4.78, 5) is 25.6. The Labute approximate surface area is 138 Å². The summed E-state index contributed by atoms with van der Waals surface area (Å²) >= 11 is 0. The van der Waals surface area contributed by atoms with E-state index in [9.17, 15) is 18.4 Å². The van der Waals surface area contributed by atoms with Crippen molar-refractivity contribution < 1.29 is 18.4 Å². The van der Waals surface area contributed by atoms with Crippen LogP contribution in [0.5, 0.6) is 0 Å². The summed E-state index contributed by atoms with van der Waals surface area (Å²) in [6.45, 7) is 0.401. The van der Waals surface area contributed by atoms with Crippen LogP contribution in [0.3, 0.4) is 0 Å². The first-order chi connectivity index (χ1) is 11.5. The van der Waals surface area contributed by atoms with E-state index >= 15 is 0 Å². The normalized spacial score (nSPS) is 17.2. The SMILES string of the molecule is O=C(NCc1ccc(F)cc1)[C@H]1CC(=O)N(c2ccccc2F)C1. The Hall–Kier alpha value is -2.76. The van der Waals surface area contributed by atoms with Crippen molar-refractivity contribution >= 4 is 17.5 Å². The van der Waals surface area contributed by atoms with Crippen molar-refractivity contribution in [3.05, 3.63) is 65.7 Å². The van der Waals surface area contributed by atoms with Crippen molar-refractivity contribution in [2.75, 3.05) is 11.4 Å². The van der Waals surface area contributed by atoms with Crippen LogP contribution in [0, 0.1) is 17.6 Å². The molecule has 0 bridgehead atoms. The lowest BCUT2D eigenvalue weighted by molar-refractivity contribution is -0.126. The first-order valence-corrected chi connectivity index (χ1v) is 7.61. The van der Waals surface area contributed by atoms with Crippen molar-refractivity contribution in [3.63, 3.8) is 0 Å². The predicted octanol–water partition coefficient (Wildman–Crippen LogP) is 2.63. The highest BCUT2D eigenvalue weighted by Gasteiger charge is 2.35. The fourth-order valence-corrected chi connectivity index (χ4v) is 2.72. The van der Waals surface area contributed by atoms with Gasteiger partial charge in [0.05, 0.1) is 11.6 Å². The molecule has 1 aliphatic rings. The van der Waals surface area contributed by atoms with Gasteiger partial charge >= 0.3 is 0 Å². The van der Waals surface area contributed by atoms with E-state index in [4.69, 9.17) is 0 Å². The van der Waals surface area contributed by atoms with Crippen molar-refractivity contribution in [2.24, 2.45) is 5.92 Å². The summed E-state index contributed by atoms with van der Waals surface area (Å²) < 4.78 is 26.7. The van der Waals surface area contributed by atoms with Gasteiger partial charge in [-0.1, -0.05) is 24.3 Å². The first kappa shape index (κ1) is 16.1. The number of anilines is 1. The van der Waals surface area contributed by atoms with Gasteiger partial charge in [0.15, 0.2) is 0 Å². The number of benzene rings is 2. The van der Waals surface area contributed by atoms with E-state index in [1.165, 1.54) is 29.2 Å². The topological polar surface area (TPSA) is 49.4 Å². The molecule has 2 aromatic carbocycles. The molecular weight excluding hydrogens is 314 g/mol. The number of carbonyl (C=O) groups is 2. The summed E-state index contributed by atoms with van der Waals surface area (Å²) in [7, 11) is 0. The van der Waals surface area contributed by atoms with Gasteiger partial charge in [-0.3, -0.25) is 9.59 Å². The van der Waals surface area contributed by atoms with Crippen molar-refractivity contribution in [1.82, 2.24) is 5.32 Å². The smallest absolute Gasteiger partial charge is 0.227 e. The van der Waals surface area contributed by atoms with Crippen LogP contribution in [-0.4, -0.2) is 18.4 Å². The molecule has 1 heterocycles. The first-order valence-electron chi connectivity index (χ1n) is 7.61. The lowest BCUT2D eigenvalue weighted by Gasteiger charge is -2.17. The van der Waals surface area contributed by atoms with E-state index in [1.54, 1.807) is 24.3 Å². The van der Waals surface area contributed by atoms with Gasteiger partial charge in [0.2, 0.25) is 11.8 Å². The van der Waals surface area contributed by atoms with E-state index < -0.39 is 11.7 Å². The summed E-state index contributed by atoms with van der Waals surface area (Å²) in [6, 6.07) is 11.8. The summed E-state index contributed by atoms with van der Waals surface area (Å²) in [5.41, 5.74) is 0.955. The molecule has 0 aromatic heterocycles. The summed E-state index contributed by atoms with van der Waals surface area (Å²) in [5, 5.41) is 2.73. The Morgan fingerprint density at radius 2 is 1.83 bits per heavy atom. The number of halogens is 2. The maximum atomic E-state index is 13.8. The molecule has 0 unspecified atom stereocenters. The minimum Gasteiger partial charge on any atom is -0.352 e. The van der Waals surface area contributed by atoms with Gasteiger partial charge in [0, 0.05) is 19.5 Å². The second-order valence-electron chi connectivity index (χ2n) is 5.70. The predicted molar refractivity (Wildman–Crippen MR) is 85.1 cm³/mol. The standard InChI is InChI=1S/C18H16F2N2O2/c19-14-7-5-12(6-8-14)10-21-18(24)13-9-17(23)22(11-13)16-4-2-1-3-15(16)20/h1-8,13H,9-11H2,(H,21,24)/t13-/m0/s1. The van der Waals surface area contributed by atoms with Crippen molar-refractivity contribution in [2.45, 2.75) is 13.0 Å². The summed E-state index contributed by atoms with van der Waals surface area (Å²) in [6.07, 6.45) is 0.0452. The van der Waals surface area contributed by atoms with Gasteiger partial charge < -0.3 is 10.2 Å². The van der Waals surface area contributed by atoms with Crippen LogP contribution in [0.2, 0.25) is 0 Å². The van der Waals surface area contributed by atoms with Gasteiger partial charge in [-0.15, -0.1) is 0 Å². The Bertz CT molecular complexity index is 762. The highest BCUT2D eigenvalue weighted by molar-refractivity contribution is 6.00. The van der Waals surface area contributed by atoms with Crippen LogP contribution < -0.4 is 10.2 Å². The minimum atomic E-state index is -0.530. The maximum absolute atomic E-state index is 13.8. The summed E-state index contributed by atoms with van der Waals surface area (Å²) in [5.74, 6) is -1.91. The highest BCUT2D eigenvalue weighted by atomic mass is 19.1. The third kappa shape index (κ3) is 3.42. The molecule has 4 nitrogen and oxygen atoms in total. The third-order valence-electron chi connectivity index (χ3n) is 4.02. The zero-order chi connectivity index (χ0) is 17.1. The van der Waals surface area contributed by atoms with Gasteiger partial charge in [0.1, 0.15) is 11.6 Å². The molecule has 124 valence electrons. The van der Waals surface area contributed by atoms with Gasteiger partial charge in [-0.05, 0) is 29.8 Å². The molecule has 2 aromatic rings. The molecule has 0 spiro atoms. The zero-order valence-corrected chi connectivity index (χ0v) is 12.8. The number of amides is 2. The zero-order valence-electron chi connectivity index (χ0n) is 12.8. The number of hydrogen-bond donors (Lipinski definition) is 1. The molecule has 1 fully saturated rings. The van der Waals surface area contributed by atoms with E-state index in [1.807, 2.05) is 0 Å². The van der Waals surface area contributed by atoms with Gasteiger partial charge in [0.25, 0.3) is 0 Å². The number of hydrogen-bond acceptors (Lipinski definition) is 2. The average molecular weight is 330 g/mol. The maximum Gasteiger partial charge on any atom is 0.227 e. The van der Waals surface area contributed by atoms with Gasteiger partial charge in [-0.2, -0.15) is 0 Å². The number of carbonyl (C=O) groups excluding carboxylic acids is 2.